The van der Waals surface area contributed by atoms with Gasteiger partial charge in [0, 0.05) is 18.0 Å². The van der Waals surface area contributed by atoms with E-state index in [1.165, 1.54) is 18.5 Å². The lowest BCUT2D eigenvalue weighted by molar-refractivity contribution is 0.146. The average Bonchev–Trinajstić information content (AvgIpc) is 2.25. The Morgan fingerprint density at radius 1 is 1.50 bits per heavy atom. The largest absolute Gasteiger partial charge is 0.281 e. The molecule has 1 atom stereocenters. The molecule has 0 N–H and O–H groups in total. The Morgan fingerprint density at radius 3 is 2.61 bits per heavy atom. The number of hydrogen-bond acceptors (Lipinski definition) is 2. The molecule has 0 aromatic carbocycles. The Kier molecular flexibility index (Phi) is 4.92. The van der Waals surface area contributed by atoms with Gasteiger partial charge in [-0.25, -0.2) is 13.0 Å². The van der Waals surface area contributed by atoms with Crippen molar-refractivity contribution >= 4 is 28.8 Å². The lowest BCUT2D eigenvalue weighted by atomic mass is 10.2. The van der Waals surface area contributed by atoms with Crippen molar-refractivity contribution in [3.8, 4) is 0 Å². The van der Waals surface area contributed by atoms with Crippen molar-refractivity contribution in [2.24, 2.45) is 4.40 Å². The van der Waals surface area contributed by atoms with Gasteiger partial charge in [0.2, 0.25) is 0 Å². The summed E-state index contributed by atoms with van der Waals surface area (Å²) in [5.41, 5.74) is -0.221. The lowest BCUT2D eigenvalue weighted by Gasteiger charge is -2.12. The fourth-order valence-corrected chi connectivity index (χ4v) is 1.76. The predicted molar refractivity (Wildman–Crippen MR) is 69.7 cm³/mol. The molecule has 0 unspecified atom stereocenters. The molecule has 0 bridgehead atoms. The highest BCUT2D eigenvalue weighted by atomic mass is 35.5. The first-order valence-electron chi connectivity index (χ1n) is 5.12. The summed E-state index contributed by atoms with van der Waals surface area (Å²) in [6.45, 7) is 5.29. The number of rotatable bonds is 3. The Labute approximate surface area is 112 Å². The summed E-state index contributed by atoms with van der Waals surface area (Å²) in [7, 11) is -1.46. The molecule has 100 valence electrons. The van der Waals surface area contributed by atoms with Crippen LogP contribution in [0.1, 0.15) is 38.5 Å². The Bertz CT molecular complexity index is 486. The summed E-state index contributed by atoms with van der Waals surface area (Å²) in [5.74, 6) is 0. The fourth-order valence-electron chi connectivity index (χ4n) is 0.990. The van der Waals surface area contributed by atoms with Gasteiger partial charge >= 0.3 is 0 Å². The number of nitrogens with zero attached hydrogens (tertiary/aromatic N) is 2. The van der Waals surface area contributed by atoms with Crippen LogP contribution in [0.4, 0.5) is 8.78 Å². The van der Waals surface area contributed by atoms with Crippen LogP contribution in [0.15, 0.2) is 16.7 Å². The highest BCUT2D eigenvalue weighted by molar-refractivity contribution is 7.85. The maximum atomic E-state index is 12.5. The molecule has 7 heteroatoms. The third-order valence-electron chi connectivity index (χ3n) is 1.96. The molecule has 18 heavy (non-hydrogen) atoms. The fraction of sp³-hybridized carbons (Fsp3) is 0.455. The first-order chi connectivity index (χ1) is 8.23. The maximum absolute atomic E-state index is 12.5. The molecule has 0 aliphatic carbocycles. The van der Waals surface area contributed by atoms with Crippen LogP contribution in [-0.2, 0) is 11.0 Å². The van der Waals surface area contributed by atoms with E-state index in [4.69, 9.17) is 11.6 Å². The lowest BCUT2D eigenvalue weighted by Crippen LogP contribution is -2.19. The van der Waals surface area contributed by atoms with Gasteiger partial charge in [0.25, 0.3) is 6.43 Å². The molecular weight excluding hydrogens is 282 g/mol. The first kappa shape index (κ1) is 15.2. The molecule has 0 saturated heterocycles. The Morgan fingerprint density at radius 2 is 2.11 bits per heavy atom. The summed E-state index contributed by atoms with van der Waals surface area (Å²) in [6, 6.07) is 1.44. The van der Waals surface area contributed by atoms with Gasteiger partial charge in [-0.3, -0.25) is 4.98 Å². The Balaban J connectivity index is 3.03. The normalized spacial score (nSPS) is 14.4. The molecule has 1 rings (SSSR count). The molecule has 0 aliphatic rings. The molecule has 1 aromatic rings. The molecule has 0 spiro atoms. The van der Waals surface area contributed by atoms with E-state index in [9.17, 15) is 13.0 Å². The smallest absolute Gasteiger partial charge is 0.254 e. The zero-order chi connectivity index (χ0) is 13.9. The van der Waals surface area contributed by atoms with E-state index in [-0.39, 0.29) is 10.6 Å². The van der Waals surface area contributed by atoms with E-state index in [0.29, 0.717) is 0 Å². The van der Waals surface area contributed by atoms with E-state index in [0.717, 1.165) is 0 Å². The quantitative estimate of drug-likeness (QED) is 0.800. The second-order valence-corrected chi connectivity index (χ2v) is 6.81. The van der Waals surface area contributed by atoms with Crippen molar-refractivity contribution in [1.29, 1.82) is 0 Å². The molecular formula is C11H13ClF2N2OS. The van der Waals surface area contributed by atoms with Crippen molar-refractivity contribution in [2.75, 3.05) is 0 Å². The summed E-state index contributed by atoms with van der Waals surface area (Å²) in [6.07, 6.45) is -0.301. The van der Waals surface area contributed by atoms with E-state index in [1.807, 2.05) is 0 Å². The van der Waals surface area contributed by atoms with Gasteiger partial charge in [-0.15, -0.1) is 0 Å². The van der Waals surface area contributed by atoms with Crippen LogP contribution in [0.25, 0.3) is 0 Å². The highest BCUT2D eigenvalue weighted by Gasteiger charge is 2.19. The Hall–Kier alpha value is -0.880. The zero-order valence-corrected chi connectivity index (χ0v) is 11.7. The van der Waals surface area contributed by atoms with Crippen LogP contribution in [0, 0.1) is 0 Å². The second kappa shape index (κ2) is 5.84. The highest BCUT2D eigenvalue weighted by Crippen LogP contribution is 2.26. The topological polar surface area (TPSA) is 42.3 Å². The summed E-state index contributed by atoms with van der Waals surface area (Å²) < 4.78 is 40.1. The van der Waals surface area contributed by atoms with Gasteiger partial charge in [-0.1, -0.05) is 11.6 Å². The summed E-state index contributed by atoms with van der Waals surface area (Å²) in [4.78, 5) is 3.49. The zero-order valence-electron chi connectivity index (χ0n) is 10.2. The van der Waals surface area contributed by atoms with Gasteiger partial charge in [0.1, 0.15) is 16.7 Å². The van der Waals surface area contributed by atoms with Gasteiger partial charge in [-0.2, -0.15) is 4.40 Å². The summed E-state index contributed by atoms with van der Waals surface area (Å²) >= 11 is 5.77. The van der Waals surface area contributed by atoms with Crippen LogP contribution < -0.4 is 0 Å². The average molecular weight is 295 g/mol. The van der Waals surface area contributed by atoms with Crippen LogP contribution in [0.3, 0.4) is 0 Å². The van der Waals surface area contributed by atoms with Gasteiger partial charge in [-0.05, 0) is 26.8 Å². The maximum Gasteiger partial charge on any atom is 0.281 e. The van der Waals surface area contributed by atoms with E-state index >= 15 is 0 Å². The van der Waals surface area contributed by atoms with Crippen molar-refractivity contribution in [3.63, 3.8) is 0 Å². The number of aromatic nitrogens is 1. The third-order valence-corrected chi connectivity index (χ3v) is 3.72. The van der Waals surface area contributed by atoms with Crippen LogP contribution in [-0.4, -0.2) is 20.2 Å². The minimum atomic E-state index is -2.75. The van der Waals surface area contributed by atoms with Crippen molar-refractivity contribution in [3.05, 3.63) is 28.5 Å². The van der Waals surface area contributed by atoms with Gasteiger partial charge in [0.15, 0.2) is 0 Å². The van der Waals surface area contributed by atoms with Crippen molar-refractivity contribution < 1.29 is 13.0 Å². The molecule has 0 aliphatic heterocycles. The SMILES string of the molecule is CC(C)(C)[S@](=O)/N=C/c1ccnc(C(F)F)c1Cl. The molecule has 3 nitrogen and oxygen atoms in total. The minimum absolute atomic E-state index is 0.165. The van der Waals surface area contributed by atoms with E-state index in [2.05, 4.69) is 9.38 Å². The molecule has 0 fully saturated rings. The molecule has 0 amide bonds. The number of halogens is 3. The number of pyridine rings is 1. The van der Waals surface area contributed by atoms with E-state index < -0.39 is 27.9 Å². The van der Waals surface area contributed by atoms with Gasteiger partial charge < -0.3 is 0 Å². The minimum Gasteiger partial charge on any atom is -0.254 e. The predicted octanol–water partition coefficient (Wildman–Crippen LogP) is 3.55. The second-order valence-electron chi connectivity index (χ2n) is 4.50. The third kappa shape index (κ3) is 3.81. The first-order valence-corrected chi connectivity index (χ1v) is 6.60. The molecule has 1 aromatic heterocycles. The summed E-state index contributed by atoms with van der Waals surface area (Å²) in [5, 5.41) is -0.165. The molecule has 1 heterocycles. The van der Waals surface area contributed by atoms with Crippen molar-refractivity contribution in [1.82, 2.24) is 4.98 Å². The van der Waals surface area contributed by atoms with Crippen molar-refractivity contribution in [2.45, 2.75) is 31.9 Å². The van der Waals surface area contributed by atoms with E-state index in [1.54, 1.807) is 20.8 Å². The molecule has 0 saturated carbocycles. The van der Waals surface area contributed by atoms with Crippen LogP contribution in [0.5, 0.6) is 0 Å². The van der Waals surface area contributed by atoms with Crippen LogP contribution in [0.2, 0.25) is 5.02 Å². The monoisotopic (exact) mass is 294 g/mol. The number of alkyl halides is 2. The molecule has 0 radical (unpaired) electrons. The van der Waals surface area contributed by atoms with Gasteiger partial charge in [0.05, 0.1) is 9.77 Å². The van der Waals surface area contributed by atoms with Crippen LogP contribution >= 0.6 is 11.6 Å². The standard InChI is InChI=1S/C11H13ClF2N2OS/c1-11(2,3)18(17)16-6-7-4-5-15-9(8(7)12)10(13)14/h4-6,10H,1-3H3/b16-6+/t18-/m0/s1. The number of hydrogen-bond donors (Lipinski definition) is 0.